The van der Waals surface area contributed by atoms with Crippen molar-refractivity contribution in [3.05, 3.63) is 53.3 Å². The van der Waals surface area contributed by atoms with Crippen molar-refractivity contribution in [2.45, 2.75) is 18.7 Å². The van der Waals surface area contributed by atoms with E-state index in [0.29, 0.717) is 5.69 Å². The zero-order chi connectivity index (χ0) is 17.9. The summed E-state index contributed by atoms with van der Waals surface area (Å²) in [5, 5.41) is 5.48. The van der Waals surface area contributed by atoms with Crippen LogP contribution in [-0.4, -0.2) is 27.1 Å². The number of hydrogen-bond donors (Lipinski definition) is 2. The smallest absolute Gasteiger partial charge is 0.243 e. The molecule has 0 saturated heterocycles. The second-order valence-electron chi connectivity index (χ2n) is 5.69. The maximum Gasteiger partial charge on any atom is 0.243 e. The third kappa shape index (κ3) is 4.79. The lowest BCUT2D eigenvalue weighted by Gasteiger charge is -2.12. The molecule has 2 rings (SSSR count). The molecule has 2 N–H and O–H groups in total. The highest BCUT2D eigenvalue weighted by molar-refractivity contribution is 7.90. The molecule has 2 aromatic carbocycles. The normalized spacial score (nSPS) is 11.2. The van der Waals surface area contributed by atoms with Gasteiger partial charge in [-0.1, -0.05) is 6.07 Å². The number of amides is 1. The summed E-state index contributed by atoms with van der Waals surface area (Å²) < 4.78 is 36.7. The van der Waals surface area contributed by atoms with Gasteiger partial charge in [-0.15, -0.1) is 0 Å². The van der Waals surface area contributed by atoms with E-state index in [1.54, 1.807) is 0 Å². The number of carbonyl (C=O) groups excluding carboxylic acids is 1. The maximum absolute atomic E-state index is 13.3. The Bertz CT molecular complexity index is 859. The lowest BCUT2D eigenvalue weighted by molar-refractivity contribution is -0.114. The van der Waals surface area contributed by atoms with Crippen molar-refractivity contribution in [1.29, 1.82) is 0 Å². The van der Waals surface area contributed by atoms with E-state index in [1.807, 2.05) is 32.0 Å². The summed E-state index contributed by atoms with van der Waals surface area (Å²) in [6, 6.07) is 9.04. The first-order valence-corrected chi connectivity index (χ1v) is 9.16. The van der Waals surface area contributed by atoms with Crippen LogP contribution in [-0.2, 0) is 14.6 Å². The minimum absolute atomic E-state index is 0.138. The minimum atomic E-state index is -3.61. The van der Waals surface area contributed by atoms with E-state index in [9.17, 15) is 17.6 Å². The summed E-state index contributed by atoms with van der Waals surface area (Å²) in [5.41, 5.74) is 2.91. The van der Waals surface area contributed by atoms with E-state index >= 15 is 0 Å². The van der Waals surface area contributed by atoms with Gasteiger partial charge in [0.2, 0.25) is 5.91 Å². The number of carbonyl (C=O) groups is 1. The van der Waals surface area contributed by atoms with Crippen molar-refractivity contribution in [2.75, 3.05) is 23.4 Å². The zero-order valence-electron chi connectivity index (χ0n) is 13.7. The molecule has 7 heteroatoms. The van der Waals surface area contributed by atoms with E-state index in [1.165, 1.54) is 6.07 Å². The molecule has 24 heavy (non-hydrogen) atoms. The van der Waals surface area contributed by atoms with Crippen LogP contribution >= 0.6 is 0 Å². The molecule has 0 aliphatic carbocycles. The molecule has 0 atom stereocenters. The van der Waals surface area contributed by atoms with Crippen molar-refractivity contribution < 1.29 is 17.6 Å². The fourth-order valence-electron chi connectivity index (χ4n) is 2.38. The lowest BCUT2D eigenvalue weighted by atomic mass is 10.1. The zero-order valence-corrected chi connectivity index (χ0v) is 14.5. The molecular formula is C17H19FN2O3S. The Balaban J connectivity index is 2.09. The van der Waals surface area contributed by atoms with Crippen molar-refractivity contribution in [1.82, 2.24) is 0 Å². The Morgan fingerprint density at radius 2 is 1.71 bits per heavy atom. The number of anilines is 2. The Kier molecular flexibility index (Phi) is 5.23. The molecule has 0 aliphatic rings. The third-order valence-corrected chi connectivity index (χ3v) is 4.42. The Morgan fingerprint density at radius 1 is 1.08 bits per heavy atom. The monoisotopic (exact) mass is 350 g/mol. The van der Waals surface area contributed by atoms with Gasteiger partial charge in [0.25, 0.3) is 0 Å². The fourth-order valence-corrected chi connectivity index (χ4v) is 3.24. The number of sulfone groups is 1. The number of aryl methyl sites for hydroxylation is 2. The van der Waals surface area contributed by atoms with Gasteiger partial charge in [0.1, 0.15) is 5.82 Å². The predicted molar refractivity (Wildman–Crippen MR) is 92.5 cm³/mol. The van der Waals surface area contributed by atoms with Crippen LogP contribution in [0.5, 0.6) is 0 Å². The van der Waals surface area contributed by atoms with Gasteiger partial charge in [0.15, 0.2) is 9.84 Å². The first kappa shape index (κ1) is 17.9. The summed E-state index contributed by atoms with van der Waals surface area (Å²) in [7, 11) is -3.61. The molecule has 0 heterocycles. The minimum Gasteiger partial charge on any atom is -0.375 e. The molecule has 5 nitrogen and oxygen atoms in total. The molecule has 1 amide bonds. The largest absolute Gasteiger partial charge is 0.375 e. The van der Waals surface area contributed by atoms with Gasteiger partial charge < -0.3 is 10.6 Å². The average Bonchev–Trinajstić information content (AvgIpc) is 2.43. The number of benzene rings is 2. The van der Waals surface area contributed by atoms with E-state index in [0.717, 1.165) is 29.5 Å². The van der Waals surface area contributed by atoms with Gasteiger partial charge in [-0.05, 0) is 55.3 Å². The number of halogens is 1. The second kappa shape index (κ2) is 7.00. The van der Waals surface area contributed by atoms with E-state index < -0.39 is 15.7 Å². The highest BCUT2D eigenvalue weighted by atomic mass is 32.2. The highest BCUT2D eigenvalue weighted by Gasteiger charge is 2.15. The van der Waals surface area contributed by atoms with Crippen molar-refractivity contribution >= 4 is 27.1 Å². The molecule has 0 spiro atoms. The molecule has 0 unspecified atom stereocenters. The quantitative estimate of drug-likeness (QED) is 0.869. The summed E-state index contributed by atoms with van der Waals surface area (Å²) in [6.07, 6.45) is 0.989. The molecule has 2 aromatic rings. The van der Waals surface area contributed by atoms with Gasteiger partial charge in [0, 0.05) is 11.9 Å². The third-order valence-electron chi connectivity index (χ3n) is 3.29. The van der Waals surface area contributed by atoms with E-state index in [2.05, 4.69) is 10.6 Å². The Morgan fingerprint density at radius 3 is 2.29 bits per heavy atom. The lowest BCUT2D eigenvalue weighted by Crippen LogP contribution is -2.22. The molecule has 0 aromatic heterocycles. The van der Waals surface area contributed by atoms with Gasteiger partial charge >= 0.3 is 0 Å². The summed E-state index contributed by atoms with van der Waals surface area (Å²) in [5.74, 6) is -0.982. The van der Waals surface area contributed by atoms with Gasteiger partial charge in [0.05, 0.1) is 17.1 Å². The average molecular weight is 350 g/mol. The van der Waals surface area contributed by atoms with Crippen LogP contribution in [0.1, 0.15) is 11.1 Å². The van der Waals surface area contributed by atoms with E-state index in [4.69, 9.17) is 0 Å². The predicted octanol–water partition coefficient (Wildman–Crippen LogP) is 2.90. The van der Waals surface area contributed by atoms with Gasteiger partial charge in [-0.2, -0.15) is 0 Å². The van der Waals surface area contributed by atoms with Crippen LogP contribution in [0.25, 0.3) is 0 Å². The van der Waals surface area contributed by atoms with Crippen molar-refractivity contribution in [2.24, 2.45) is 0 Å². The molecule has 128 valence electrons. The van der Waals surface area contributed by atoms with Crippen LogP contribution in [0.2, 0.25) is 0 Å². The van der Waals surface area contributed by atoms with Gasteiger partial charge in [-0.3, -0.25) is 4.79 Å². The molecule has 0 aliphatic heterocycles. The second-order valence-corrected chi connectivity index (χ2v) is 7.67. The Labute approximate surface area is 140 Å². The number of rotatable bonds is 5. The highest BCUT2D eigenvalue weighted by Crippen LogP contribution is 2.22. The number of nitrogens with one attached hydrogen (secondary N) is 2. The van der Waals surface area contributed by atoms with E-state index in [-0.39, 0.29) is 23.0 Å². The summed E-state index contributed by atoms with van der Waals surface area (Å²) in [4.78, 5) is 11.9. The van der Waals surface area contributed by atoms with Crippen LogP contribution in [0.15, 0.2) is 41.3 Å². The molecule has 0 saturated carbocycles. The SMILES string of the molecule is Cc1cc(C)cc(NC(=O)CNc2ccc(F)cc2S(C)(=O)=O)c1. The molecule has 0 bridgehead atoms. The van der Waals surface area contributed by atoms with Crippen LogP contribution in [0.4, 0.5) is 15.8 Å². The summed E-state index contributed by atoms with van der Waals surface area (Å²) >= 11 is 0. The maximum atomic E-state index is 13.3. The summed E-state index contributed by atoms with van der Waals surface area (Å²) in [6.45, 7) is 3.72. The van der Waals surface area contributed by atoms with Crippen molar-refractivity contribution in [3.63, 3.8) is 0 Å². The molecular weight excluding hydrogens is 331 g/mol. The first-order chi connectivity index (χ1) is 11.1. The molecule has 0 fully saturated rings. The van der Waals surface area contributed by atoms with Gasteiger partial charge in [-0.25, -0.2) is 12.8 Å². The van der Waals surface area contributed by atoms with Crippen LogP contribution in [0, 0.1) is 19.7 Å². The first-order valence-electron chi connectivity index (χ1n) is 7.27. The standard InChI is InChI=1S/C17H19FN2O3S/c1-11-6-12(2)8-14(7-11)20-17(21)10-19-15-5-4-13(18)9-16(15)24(3,22)23/h4-9,19H,10H2,1-3H3,(H,20,21). The Hall–Kier alpha value is -2.41. The fraction of sp³-hybridized carbons (Fsp3) is 0.235. The number of hydrogen-bond acceptors (Lipinski definition) is 4. The topological polar surface area (TPSA) is 75.3 Å². The van der Waals surface area contributed by atoms with Crippen LogP contribution < -0.4 is 10.6 Å². The van der Waals surface area contributed by atoms with Crippen molar-refractivity contribution in [3.8, 4) is 0 Å². The molecule has 0 radical (unpaired) electrons. The van der Waals surface area contributed by atoms with Crippen LogP contribution in [0.3, 0.4) is 0 Å².